The Kier molecular flexibility index (Phi) is 5.86. The molecular weight excluding hydrogens is 290 g/mol. The first-order chi connectivity index (χ1) is 11.1. The number of anilines is 1. The second-order valence-corrected chi connectivity index (χ2v) is 5.41. The Morgan fingerprint density at radius 2 is 1.65 bits per heavy atom. The fourth-order valence-corrected chi connectivity index (χ4v) is 2.18. The minimum Gasteiger partial charge on any atom is -0.496 e. The second kappa shape index (κ2) is 8.08. The fraction of sp³-hybridized carbons (Fsp3) is 0.278. The van der Waals surface area contributed by atoms with Gasteiger partial charge in [-0.2, -0.15) is 0 Å². The molecule has 2 amide bonds. The van der Waals surface area contributed by atoms with Crippen LogP contribution in [-0.4, -0.2) is 27.2 Å². The van der Waals surface area contributed by atoms with Crippen molar-refractivity contribution in [1.82, 2.24) is 10.6 Å². The fourth-order valence-electron chi connectivity index (χ4n) is 2.18. The minimum atomic E-state index is -0.201. The van der Waals surface area contributed by atoms with Gasteiger partial charge in [-0.1, -0.05) is 30.3 Å². The van der Waals surface area contributed by atoms with Gasteiger partial charge in [-0.3, -0.25) is 0 Å². The van der Waals surface area contributed by atoms with Gasteiger partial charge in [0.2, 0.25) is 0 Å². The van der Waals surface area contributed by atoms with Gasteiger partial charge in [0.1, 0.15) is 5.75 Å². The summed E-state index contributed by atoms with van der Waals surface area (Å²) in [5.74, 6) is 0.770. The van der Waals surface area contributed by atoms with Crippen LogP contribution in [0.3, 0.4) is 0 Å². The van der Waals surface area contributed by atoms with Gasteiger partial charge in [-0.15, -0.1) is 0 Å². The first kappa shape index (κ1) is 16.7. The number of carbonyl (C=O) groups is 1. The highest BCUT2D eigenvalue weighted by Gasteiger charge is 2.05. The van der Waals surface area contributed by atoms with Crippen molar-refractivity contribution in [1.29, 1.82) is 0 Å². The SMILES string of the molecule is COc1ccccc1CNC(=O)NCc1ccc(N(C)C)cc1. The van der Waals surface area contributed by atoms with Crippen molar-refractivity contribution in [2.75, 3.05) is 26.1 Å². The summed E-state index contributed by atoms with van der Waals surface area (Å²) in [5.41, 5.74) is 3.14. The van der Waals surface area contributed by atoms with Crippen LogP contribution in [0.2, 0.25) is 0 Å². The van der Waals surface area contributed by atoms with Gasteiger partial charge >= 0.3 is 6.03 Å². The maximum Gasteiger partial charge on any atom is 0.315 e. The molecule has 0 radical (unpaired) electrons. The molecule has 0 aliphatic rings. The van der Waals surface area contributed by atoms with Crippen molar-refractivity contribution in [3.05, 3.63) is 59.7 Å². The maximum absolute atomic E-state index is 11.9. The lowest BCUT2D eigenvalue weighted by molar-refractivity contribution is 0.240. The molecule has 0 saturated heterocycles. The zero-order valence-corrected chi connectivity index (χ0v) is 13.8. The predicted octanol–water partition coefficient (Wildman–Crippen LogP) is 2.76. The number of nitrogens with one attached hydrogen (secondary N) is 2. The molecule has 2 N–H and O–H groups in total. The number of nitrogens with zero attached hydrogens (tertiary/aromatic N) is 1. The van der Waals surface area contributed by atoms with Crippen LogP contribution in [0.5, 0.6) is 5.75 Å². The molecule has 2 aromatic rings. The molecule has 2 aromatic carbocycles. The standard InChI is InChI=1S/C18H23N3O2/c1-21(2)16-10-8-14(9-11-16)12-19-18(22)20-13-15-6-4-5-7-17(15)23-3/h4-11H,12-13H2,1-3H3,(H2,19,20,22). The zero-order chi connectivity index (χ0) is 16.7. The molecule has 0 unspecified atom stereocenters. The second-order valence-electron chi connectivity index (χ2n) is 5.41. The van der Waals surface area contributed by atoms with Crippen molar-refractivity contribution in [2.45, 2.75) is 13.1 Å². The molecule has 5 heteroatoms. The van der Waals surface area contributed by atoms with Crippen molar-refractivity contribution < 1.29 is 9.53 Å². The van der Waals surface area contributed by atoms with Crippen molar-refractivity contribution in [3.8, 4) is 5.75 Å². The van der Waals surface area contributed by atoms with Gasteiger partial charge < -0.3 is 20.3 Å². The molecule has 0 aliphatic carbocycles. The Morgan fingerprint density at radius 3 is 2.30 bits per heavy atom. The topological polar surface area (TPSA) is 53.6 Å². The monoisotopic (exact) mass is 313 g/mol. The van der Waals surface area contributed by atoms with Crippen LogP contribution in [-0.2, 0) is 13.1 Å². The van der Waals surface area contributed by atoms with Crippen LogP contribution in [0.25, 0.3) is 0 Å². The number of hydrogen-bond acceptors (Lipinski definition) is 3. The lowest BCUT2D eigenvalue weighted by Gasteiger charge is -2.13. The zero-order valence-electron chi connectivity index (χ0n) is 13.8. The van der Waals surface area contributed by atoms with E-state index in [2.05, 4.69) is 10.6 Å². The maximum atomic E-state index is 11.9. The summed E-state index contributed by atoms with van der Waals surface area (Å²) in [5, 5.41) is 5.69. The summed E-state index contributed by atoms with van der Waals surface area (Å²) >= 11 is 0. The van der Waals surface area contributed by atoms with Crippen LogP contribution in [0.4, 0.5) is 10.5 Å². The van der Waals surface area contributed by atoms with E-state index in [9.17, 15) is 4.79 Å². The summed E-state index contributed by atoms with van der Waals surface area (Å²) in [6.45, 7) is 0.918. The van der Waals surface area contributed by atoms with Crippen molar-refractivity contribution in [2.24, 2.45) is 0 Å². The van der Waals surface area contributed by atoms with E-state index in [1.54, 1.807) is 7.11 Å². The minimum absolute atomic E-state index is 0.201. The molecule has 5 nitrogen and oxygen atoms in total. The third kappa shape index (κ3) is 4.92. The summed E-state index contributed by atoms with van der Waals surface area (Å²) < 4.78 is 5.26. The van der Waals surface area contributed by atoms with E-state index in [4.69, 9.17) is 4.74 Å². The average molecular weight is 313 g/mol. The summed E-state index contributed by atoms with van der Waals surface area (Å²) in [6, 6.07) is 15.5. The molecule has 23 heavy (non-hydrogen) atoms. The van der Waals surface area contributed by atoms with Crippen LogP contribution in [0.1, 0.15) is 11.1 Å². The van der Waals surface area contributed by atoms with Gasteiger partial charge in [0.15, 0.2) is 0 Å². The van der Waals surface area contributed by atoms with Gasteiger partial charge in [0.05, 0.1) is 7.11 Å². The highest BCUT2D eigenvalue weighted by Crippen LogP contribution is 2.16. The smallest absolute Gasteiger partial charge is 0.315 e. The Balaban J connectivity index is 1.81. The van der Waals surface area contributed by atoms with E-state index in [1.165, 1.54) is 0 Å². The Bertz CT molecular complexity index is 639. The van der Waals surface area contributed by atoms with E-state index in [1.807, 2.05) is 67.5 Å². The molecule has 0 heterocycles. The molecular formula is C18H23N3O2. The number of rotatable bonds is 6. The largest absolute Gasteiger partial charge is 0.496 e. The van der Waals surface area contributed by atoms with Gasteiger partial charge in [-0.25, -0.2) is 4.79 Å². The molecule has 0 aromatic heterocycles. The molecule has 0 bridgehead atoms. The van der Waals surface area contributed by atoms with E-state index in [0.717, 1.165) is 22.6 Å². The number of hydrogen-bond donors (Lipinski definition) is 2. The van der Waals surface area contributed by atoms with Crippen molar-refractivity contribution in [3.63, 3.8) is 0 Å². The molecule has 122 valence electrons. The molecule has 0 spiro atoms. The number of amides is 2. The number of carbonyl (C=O) groups excluding carboxylic acids is 1. The molecule has 0 aliphatic heterocycles. The number of para-hydroxylation sites is 1. The molecule has 0 saturated carbocycles. The quantitative estimate of drug-likeness (QED) is 0.862. The normalized spacial score (nSPS) is 10.0. The van der Waals surface area contributed by atoms with E-state index in [0.29, 0.717) is 13.1 Å². The van der Waals surface area contributed by atoms with E-state index in [-0.39, 0.29) is 6.03 Å². The number of methoxy groups -OCH3 is 1. The predicted molar refractivity (Wildman–Crippen MR) is 92.8 cm³/mol. The van der Waals surface area contributed by atoms with Crippen molar-refractivity contribution >= 4 is 11.7 Å². The van der Waals surface area contributed by atoms with Crippen LogP contribution in [0, 0.1) is 0 Å². The summed E-state index contributed by atoms with van der Waals surface area (Å²) in [4.78, 5) is 13.9. The van der Waals surface area contributed by atoms with Crippen LogP contribution >= 0.6 is 0 Å². The van der Waals surface area contributed by atoms with Crippen LogP contribution in [0.15, 0.2) is 48.5 Å². The summed E-state index contributed by atoms with van der Waals surface area (Å²) in [7, 11) is 5.62. The highest BCUT2D eigenvalue weighted by molar-refractivity contribution is 5.73. The average Bonchev–Trinajstić information content (AvgIpc) is 2.58. The number of ether oxygens (including phenoxy) is 1. The van der Waals surface area contributed by atoms with Crippen LogP contribution < -0.4 is 20.3 Å². The van der Waals surface area contributed by atoms with Gasteiger partial charge in [0.25, 0.3) is 0 Å². The number of urea groups is 1. The molecule has 2 rings (SSSR count). The Hall–Kier alpha value is -2.69. The first-order valence-corrected chi connectivity index (χ1v) is 7.50. The third-order valence-electron chi connectivity index (χ3n) is 3.54. The Morgan fingerprint density at radius 1 is 1.00 bits per heavy atom. The first-order valence-electron chi connectivity index (χ1n) is 7.50. The lowest BCUT2D eigenvalue weighted by atomic mass is 10.2. The third-order valence-corrected chi connectivity index (χ3v) is 3.54. The summed E-state index contributed by atoms with van der Waals surface area (Å²) in [6.07, 6.45) is 0. The lowest BCUT2D eigenvalue weighted by Crippen LogP contribution is -2.34. The number of benzene rings is 2. The highest BCUT2D eigenvalue weighted by atomic mass is 16.5. The van der Waals surface area contributed by atoms with E-state index < -0.39 is 0 Å². The molecule has 0 fully saturated rings. The van der Waals surface area contributed by atoms with E-state index >= 15 is 0 Å². The molecule has 0 atom stereocenters. The van der Waals surface area contributed by atoms with Gasteiger partial charge in [0, 0.05) is 38.4 Å². The van der Waals surface area contributed by atoms with Gasteiger partial charge in [-0.05, 0) is 23.8 Å². The Labute approximate surface area is 137 Å².